The number of aryl methyl sites for hydroxylation is 2. The molecule has 1 aromatic heterocycles. The predicted octanol–water partition coefficient (Wildman–Crippen LogP) is 1.95. The van der Waals surface area contributed by atoms with E-state index in [9.17, 15) is 0 Å². The van der Waals surface area contributed by atoms with Crippen molar-refractivity contribution in [3.63, 3.8) is 0 Å². The molecule has 0 saturated heterocycles. The van der Waals surface area contributed by atoms with Crippen molar-refractivity contribution >= 4 is 5.96 Å². The normalized spacial score (nSPS) is 11.5. The quantitative estimate of drug-likeness (QED) is 0.628. The summed E-state index contributed by atoms with van der Waals surface area (Å²) in [5.41, 5.74) is 4.67. The number of methoxy groups -OCH3 is 1. The first kappa shape index (κ1) is 17.8. The molecule has 0 aliphatic rings. The molecule has 24 heavy (non-hydrogen) atoms. The van der Waals surface area contributed by atoms with Crippen LogP contribution in [0.2, 0.25) is 0 Å². The van der Waals surface area contributed by atoms with Gasteiger partial charge in [-0.2, -0.15) is 5.10 Å². The van der Waals surface area contributed by atoms with Crippen LogP contribution in [0.15, 0.2) is 29.3 Å². The Morgan fingerprint density at radius 2 is 2.08 bits per heavy atom. The van der Waals surface area contributed by atoms with Gasteiger partial charge in [-0.05, 0) is 38.0 Å². The number of hydrogen-bond donors (Lipinski definition) is 2. The number of guanidine groups is 1. The molecule has 130 valence electrons. The van der Waals surface area contributed by atoms with Crippen molar-refractivity contribution in [1.82, 2.24) is 20.4 Å². The highest BCUT2D eigenvalue weighted by molar-refractivity contribution is 5.79. The van der Waals surface area contributed by atoms with Crippen molar-refractivity contribution < 1.29 is 4.74 Å². The molecule has 0 amide bonds. The van der Waals surface area contributed by atoms with Crippen LogP contribution >= 0.6 is 0 Å². The molecule has 1 aromatic carbocycles. The summed E-state index contributed by atoms with van der Waals surface area (Å²) in [5, 5.41) is 11.1. The van der Waals surface area contributed by atoms with E-state index in [1.165, 1.54) is 16.8 Å². The second kappa shape index (κ2) is 8.38. The molecule has 2 aromatic rings. The number of nitrogens with one attached hydrogen (secondary N) is 2. The largest absolute Gasteiger partial charge is 0.497 e. The van der Waals surface area contributed by atoms with Crippen molar-refractivity contribution in [2.45, 2.75) is 26.8 Å². The minimum absolute atomic E-state index is 0.713. The maximum atomic E-state index is 5.25. The lowest BCUT2D eigenvalue weighted by Crippen LogP contribution is -2.38. The van der Waals surface area contributed by atoms with Crippen LogP contribution in [0.1, 0.15) is 22.5 Å². The van der Waals surface area contributed by atoms with Crippen molar-refractivity contribution in [3.8, 4) is 5.75 Å². The lowest BCUT2D eigenvalue weighted by molar-refractivity contribution is 0.414. The number of aliphatic imine (C=N–C) groups is 1. The van der Waals surface area contributed by atoms with Crippen LogP contribution in [0.4, 0.5) is 0 Å². The van der Waals surface area contributed by atoms with Gasteiger partial charge in [0.2, 0.25) is 0 Å². The molecule has 6 nitrogen and oxygen atoms in total. The molecule has 6 heteroatoms. The van der Waals surface area contributed by atoms with Crippen LogP contribution in [-0.4, -0.2) is 36.4 Å². The average molecular weight is 329 g/mol. The Morgan fingerprint density at radius 1 is 1.29 bits per heavy atom. The minimum atomic E-state index is 0.713. The first-order valence-corrected chi connectivity index (χ1v) is 8.11. The SMILES string of the molecule is CN=C(NCCc1cccc(OC)c1)NCc1c(C)nn(C)c1C. The van der Waals surface area contributed by atoms with Crippen molar-refractivity contribution in [2.75, 3.05) is 20.7 Å². The molecule has 0 atom stereocenters. The van der Waals surface area contributed by atoms with Crippen LogP contribution in [0, 0.1) is 13.8 Å². The second-order valence-corrected chi connectivity index (χ2v) is 5.73. The van der Waals surface area contributed by atoms with Crippen molar-refractivity contribution in [1.29, 1.82) is 0 Å². The fourth-order valence-electron chi connectivity index (χ4n) is 2.62. The molecule has 0 bridgehead atoms. The third-order valence-electron chi connectivity index (χ3n) is 4.16. The van der Waals surface area contributed by atoms with Crippen LogP contribution in [-0.2, 0) is 20.0 Å². The molecular formula is C18H27N5O. The number of ether oxygens (including phenoxy) is 1. The Bertz CT molecular complexity index is 705. The van der Waals surface area contributed by atoms with E-state index >= 15 is 0 Å². The summed E-state index contributed by atoms with van der Waals surface area (Å²) in [6.07, 6.45) is 0.906. The second-order valence-electron chi connectivity index (χ2n) is 5.73. The van der Waals surface area contributed by atoms with Gasteiger partial charge in [-0.3, -0.25) is 9.67 Å². The molecule has 0 aliphatic carbocycles. The van der Waals surface area contributed by atoms with Crippen molar-refractivity contribution in [3.05, 3.63) is 46.8 Å². The van der Waals surface area contributed by atoms with Crippen LogP contribution in [0.25, 0.3) is 0 Å². The molecule has 0 saturated carbocycles. The lowest BCUT2D eigenvalue weighted by atomic mass is 10.1. The molecule has 0 spiro atoms. The molecular weight excluding hydrogens is 302 g/mol. The van der Waals surface area contributed by atoms with Gasteiger partial charge in [-0.15, -0.1) is 0 Å². The van der Waals surface area contributed by atoms with E-state index in [0.717, 1.165) is 30.4 Å². The summed E-state index contributed by atoms with van der Waals surface area (Å²) in [6, 6.07) is 8.12. The zero-order valence-corrected chi connectivity index (χ0v) is 15.2. The van der Waals surface area contributed by atoms with E-state index in [-0.39, 0.29) is 0 Å². The van der Waals surface area contributed by atoms with E-state index in [1.807, 2.05) is 30.8 Å². The van der Waals surface area contributed by atoms with Gasteiger partial charge < -0.3 is 15.4 Å². The lowest BCUT2D eigenvalue weighted by Gasteiger charge is -2.12. The third-order valence-corrected chi connectivity index (χ3v) is 4.16. The maximum Gasteiger partial charge on any atom is 0.191 e. The molecule has 0 unspecified atom stereocenters. The smallest absolute Gasteiger partial charge is 0.191 e. The zero-order valence-electron chi connectivity index (χ0n) is 15.2. The molecule has 0 fully saturated rings. The van der Waals surface area contributed by atoms with Gasteiger partial charge in [-0.1, -0.05) is 12.1 Å². The fraction of sp³-hybridized carbons (Fsp3) is 0.444. The number of benzene rings is 1. The summed E-state index contributed by atoms with van der Waals surface area (Å²) in [5.74, 6) is 1.68. The van der Waals surface area contributed by atoms with E-state index in [1.54, 1.807) is 14.2 Å². The van der Waals surface area contributed by atoms with Gasteiger partial charge in [0.25, 0.3) is 0 Å². The minimum Gasteiger partial charge on any atom is -0.497 e. The first-order chi connectivity index (χ1) is 11.5. The Kier molecular flexibility index (Phi) is 6.23. The van der Waals surface area contributed by atoms with Gasteiger partial charge in [0.05, 0.1) is 12.8 Å². The van der Waals surface area contributed by atoms with Gasteiger partial charge >= 0.3 is 0 Å². The van der Waals surface area contributed by atoms with Gasteiger partial charge in [0, 0.05) is 38.4 Å². The summed E-state index contributed by atoms with van der Waals surface area (Å²) in [7, 11) is 5.43. The van der Waals surface area contributed by atoms with Gasteiger partial charge in [0.1, 0.15) is 5.75 Å². The molecule has 0 radical (unpaired) electrons. The molecule has 2 rings (SSSR count). The Hall–Kier alpha value is -2.50. The Labute approximate surface area is 143 Å². The highest BCUT2D eigenvalue weighted by atomic mass is 16.5. The standard InChI is InChI=1S/C18H27N5O/c1-13-17(14(2)23(4)22-13)12-21-18(19-3)20-10-9-15-7-6-8-16(11-15)24-5/h6-8,11H,9-10,12H2,1-5H3,(H2,19,20,21). The number of nitrogens with zero attached hydrogens (tertiary/aromatic N) is 3. The Morgan fingerprint density at radius 3 is 2.71 bits per heavy atom. The molecule has 2 N–H and O–H groups in total. The summed E-state index contributed by atoms with van der Waals surface area (Å²) < 4.78 is 7.16. The molecule has 1 heterocycles. The number of hydrogen-bond acceptors (Lipinski definition) is 3. The third kappa shape index (κ3) is 4.50. The average Bonchev–Trinajstić information content (AvgIpc) is 2.83. The highest BCUT2D eigenvalue weighted by Crippen LogP contribution is 2.13. The maximum absolute atomic E-state index is 5.25. The highest BCUT2D eigenvalue weighted by Gasteiger charge is 2.09. The first-order valence-electron chi connectivity index (χ1n) is 8.11. The number of rotatable bonds is 6. The van der Waals surface area contributed by atoms with Crippen LogP contribution in [0.5, 0.6) is 5.75 Å². The van der Waals surface area contributed by atoms with Crippen LogP contribution < -0.4 is 15.4 Å². The zero-order chi connectivity index (χ0) is 17.5. The number of aromatic nitrogens is 2. The van der Waals surface area contributed by atoms with Gasteiger partial charge in [0.15, 0.2) is 5.96 Å². The van der Waals surface area contributed by atoms with Crippen molar-refractivity contribution in [2.24, 2.45) is 12.0 Å². The monoisotopic (exact) mass is 329 g/mol. The summed E-state index contributed by atoms with van der Waals surface area (Å²) in [4.78, 5) is 4.28. The molecule has 0 aliphatic heterocycles. The van der Waals surface area contributed by atoms with E-state index in [4.69, 9.17) is 4.74 Å². The fourth-order valence-corrected chi connectivity index (χ4v) is 2.62. The summed E-state index contributed by atoms with van der Waals surface area (Å²) in [6.45, 7) is 5.63. The van der Waals surface area contributed by atoms with Gasteiger partial charge in [-0.25, -0.2) is 0 Å². The van der Waals surface area contributed by atoms with E-state index in [0.29, 0.717) is 6.54 Å². The predicted molar refractivity (Wildman–Crippen MR) is 97.6 cm³/mol. The van der Waals surface area contributed by atoms with Crippen LogP contribution in [0.3, 0.4) is 0 Å². The van der Waals surface area contributed by atoms with E-state index < -0.39 is 0 Å². The van der Waals surface area contributed by atoms with E-state index in [2.05, 4.69) is 39.8 Å². The summed E-state index contributed by atoms with van der Waals surface area (Å²) >= 11 is 0. The topological polar surface area (TPSA) is 63.5 Å². The Balaban J connectivity index is 1.84.